The van der Waals surface area contributed by atoms with Crippen molar-refractivity contribution in [3.05, 3.63) is 30.5 Å². The summed E-state index contributed by atoms with van der Waals surface area (Å²) < 4.78 is 49.6. The van der Waals surface area contributed by atoms with Crippen molar-refractivity contribution in [1.29, 1.82) is 0 Å². The molecule has 5 atom stereocenters. The number of methoxy groups -OCH3 is 1. The van der Waals surface area contributed by atoms with Gasteiger partial charge in [0.15, 0.2) is 0 Å². The molecule has 2 aromatic rings. The Morgan fingerprint density at radius 3 is 2.40 bits per heavy atom. The Hall–Kier alpha value is -4.18. The first-order valence-corrected chi connectivity index (χ1v) is 19.5. The average Bonchev–Trinajstić information content (AvgIpc) is 3.92. The zero-order valence-electron chi connectivity index (χ0n) is 30.3. The monoisotopic (exact) mass is 743 g/mol. The number of nitrogens with one attached hydrogen (secondary N) is 3. The number of nitrogens with zero attached hydrogens (tertiary/aromatic N) is 2. The van der Waals surface area contributed by atoms with Crippen molar-refractivity contribution in [3.8, 4) is 11.5 Å². The molecule has 3 aliphatic carbocycles. The second-order valence-corrected chi connectivity index (χ2v) is 16.7. The second-order valence-electron chi connectivity index (χ2n) is 15.4. The van der Waals surface area contributed by atoms with Crippen LogP contribution in [-0.4, -0.2) is 91.7 Å². The predicted octanol–water partition coefficient (Wildman–Crippen LogP) is 3.50. The number of pyridine rings is 1. The normalized spacial score (nSPS) is 25.3. The number of carbonyl (C=O) groups excluding carboxylic acids is 4. The first kappa shape index (κ1) is 37.6. The zero-order chi connectivity index (χ0) is 37.4. The largest absolute Gasteiger partial charge is 0.497 e. The molecule has 2 heterocycles. The Morgan fingerprint density at radius 2 is 1.77 bits per heavy atom. The fourth-order valence-electron chi connectivity index (χ4n) is 7.20. The van der Waals surface area contributed by atoms with Crippen LogP contribution in [-0.2, 0) is 33.6 Å². The van der Waals surface area contributed by atoms with Gasteiger partial charge in [0.2, 0.25) is 11.8 Å². The molecule has 1 saturated heterocycles. The van der Waals surface area contributed by atoms with E-state index < -0.39 is 69.4 Å². The molecule has 16 heteroatoms. The van der Waals surface area contributed by atoms with Crippen LogP contribution in [0.2, 0.25) is 0 Å². The van der Waals surface area contributed by atoms with Crippen molar-refractivity contribution in [2.24, 2.45) is 11.3 Å². The van der Waals surface area contributed by atoms with Gasteiger partial charge in [-0.05, 0) is 74.5 Å². The highest BCUT2D eigenvalue weighted by Gasteiger charge is 2.62. The molecule has 0 spiro atoms. The van der Waals surface area contributed by atoms with Crippen LogP contribution in [0.15, 0.2) is 30.5 Å². The molecule has 1 aliphatic heterocycles. The lowest BCUT2D eigenvalue weighted by Crippen LogP contribution is -2.60. The number of benzene rings is 1. The maximum absolute atomic E-state index is 14.5. The van der Waals surface area contributed by atoms with Gasteiger partial charge in [0.25, 0.3) is 5.91 Å². The molecular weight excluding hydrogens is 694 g/mol. The summed E-state index contributed by atoms with van der Waals surface area (Å²) in [6.45, 7) is 7.25. The minimum atomic E-state index is -4.39. The fraction of sp³-hybridized carbons (Fsp3) is 0.639. The van der Waals surface area contributed by atoms with Gasteiger partial charge in [-0.2, -0.15) is 8.42 Å². The Balaban J connectivity index is 1.26. The minimum Gasteiger partial charge on any atom is -0.497 e. The maximum atomic E-state index is 14.5. The summed E-state index contributed by atoms with van der Waals surface area (Å²) in [5, 5.41) is 6.30. The number of amides is 4. The van der Waals surface area contributed by atoms with Crippen molar-refractivity contribution >= 4 is 45.0 Å². The van der Waals surface area contributed by atoms with E-state index in [-0.39, 0.29) is 31.4 Å². The number of ether oxygens (including phenoxy) is 3. The molecule has 1 aromatic carbocycles. The van der Waals surface area contributed by atoms with Crippen molar-refractivity contribution in [1.82, 2.24) is 25.2 Å². The van der Waals surface area contributed by atoms with Crippen LogP contribution in [0.1, 0.15) is 85.5 Å². The molecule has 4 aliphatic rings. The molecule has 6 rings (SSSR count). The predicted molar refractivity (Wildman–Crippen MR) is 188 cm³/mol. The number of fused-ring (bicyclic) bond motifs is 1. The number of aromatic nitrogens is 1. The van der Waals surface area contributed by atoms with E-state index in [4.69, 9.17) is 18.4 Å². The van der Waals surface area contributed by atoms with E-state index in [1.807, 2.05) is 17.7 Å². The number of rotatable bonds is 13. The lowest BCUT2D eigenvalue weighted by molar-refractivity contribution is -0.143. The third-order valence-electron chi connectivity index (χ3n) is 10.4. The Bertz CT molecular complexity index is 1810. The fourth-order valence-corrected chi connectivity index (χ4v) is 8.20. The average molecular weight is 744 g/mol. The molecule has 3 unspecified atom stereocenters. The highest BCUT2D eigenvalue weighted by Crippen LogP contribution is 2.47. The number of likely N-dealkylation sites (tertiary alicyclic amines) is 1. The summed E-state index contributed by atoms with van der Waals surface area (Å²) in [5.41, 5.74) is -1.66. The van der Waals surface area contributed by atoms with Gasteiger partial charge in [-0.25, -0.2) is 9.52 Å². The van der Waals surface area contributed by atoms with Crippen molar-refractivity contribution in [2.75, 3.05) is 13.7 Å². The van der Waals surface area contributed by atoms with E-state index in [2.05, 4.69) is 15.6 Å². The van der Waals surface area contributed by atoms with Crippen LogP contribution in [0.5, 0.6) is 11.5 Å². The molecule has 3 N–H and O–H groups in total. The number of hydrogen-bond donors (Lipinski definition) is 3. The number of carbonyl (C=O) groups is 4. The molecule has 284 valence electrons. The van der Waals surface area contributed by atoms with Crippen LogP contribution in [0.3, 0.4) is 0 Å². The third kappa shape index (κ3) is 8.38. The zero-order valence-corrected chi connectivity index (χ0v) is 31.1. The summed E-state index contributed by atoms with van der Waals surface area (Å²) in [6.07, 6.45) is 4.89. The van der Waals surface area contributed by atoms with Gasteiger partial charge in [-0.15, -0.1) is 0 Å². The van der Waals surface area contributed by atoms with Crippen LogP contribution in [0.25, 0.3) is 10.9 Å². The maximum Gasteiger partial charge on any atom is 0.408 e. The van der Waals surface area contributed by atoms with Gasteiger partial charge < -0.3 is 29.7 Å². The highest BCUT2D eigenvalue weighted by molar-refractivity contribution is 7.85. The van der Waals surface area contributed by atoms with Gasteiger partial charge in [0, 0.05) is 24.1 Å². The van der Waals surface area contributed by atoms with Crippen molar-refractivity contribution in [2.45, 2.75) is 121 Å². The Labute approximate surface area is 304 Å². The lowest BCUT2D eigenvalue weighted by atomic mass is 9.85. The molecule has 1 aromatic heterocycles. The SMILES string of the molecule is CCC1C[C@]1(NC(=O)C1C[C@@H](Oc2ccnc3cc(OC)ccc23)CN1C(=O)C(NC(=O)OC1CCCC1)C(C)(C)C)C(=O)NS(=O)(=O)OC1CC1. The number of alkyl carbamates (subject to hydrolysis) is 1. The summed E-state index contributed by atoms with van der Waals surface area (Å²) >= 11 is 0. The van der Waals surface area contributed by atoms with Gasteiger partial charge in [-0.1, -0.05) is 34.1 Å². The van der Waals surface area contributed by atoms with Crippen LogP contribution < -0.4 is 24.8 Å². The summed E-state index contributed by atoms with van der Waals surface area (Å²) in [5.74, 6) is -1.28. The van der Waals surface area contributed by atoms with E-state index in [9.17, 15) is 27.6 Å². The van der Waals surface area contributed by atoms with Crippen molar-refractivity contribution in [3.63, 3.8) is 0 Å². The van der Waals surface area contributed by atoms with Crippen LogP contribution in [0, 0.1) is 11.3 Å². The van der Waals surface area contributed by atoms with Gasteiger partial charge in [0.05, 0.1) is 25.3 Å². The van der Waals surface area contributed by atoms with E-state index in [0.717, 1.165) is 25.7 Å². The summed E-state index contributed by atoms with van der Waals surface area (Å²) in [4.78, 5) is 61.1. The lowest BCUT2D eigenvalue weighted by Gasteiger charge is -2.35. The minimum absolute atomic E-state index is 0.0111. The van der Waals surface area contributed by atoms with E-state index in [0.29, 0.717) is 41.7 Å². The second kappa shape index (κ2) is 14.7. The molecule has 52 heavy (non-hydrogen) atoms. The van der Waals surface area contributed by atoms with E-state index >= 15 is 0 Å². The molecule has 15 nitrogen and oxygen atoms in total. The molecule has 3 saturated carbocycles. The quantitative estimate of drug-likeness (QED) is 0.272. The third-order valence-corrected chi connectivity index (χ3v) is 11.3. The number of hydrogen-bond acceptors (Lipinski definition) is 11. The summed E-state index contributed by atoms with van der Waals surface area (Å²) in [6, 6.07) is 4.87. The van der Waals surface area contributed by atoms with Gasteiger partial charge in [0.1, 0.15) is 41.3 Å². The highest BCUT2D eigenvalue weighted by atomic mass is 32.2. The Morgan fingerprint density at radius 1 is 1.04 bits per heavy atom. The van der Waals surface area contributed by atoms with Crippen LogP contribution in [0.4, 0.5) is 4.79 Å². The topological polar surface area (TPSA) is 192 Å². The molecule has 0 radical (unpaired) electrons. The van der Waals surface area contributed by atoms with Gasteiger partial charge >= 0.3 is 16.4 Å². The molecule has 4 fully saturated rings. The standard InChI is InChI=1S/C36H49N5O10S/c1-6-21-19-36(21,33(44)40-52(46,47)51-23-11-12-23)39-31(42)28-18-25(49-29-15-16-37-27-17-24(48-5)13-14-26(27)29)20-41(28)32(43)30(35(2,3)4)38-34(45)50-22-9-7-8-10-22/h13-17,21-23,25,28,30H,6-12,18-20H2,1-5H3,(H,38,45)(H,39,42)(H,40,44)/t21?,25-,28?,30?,36-/m1/s1. The van der Waals surface area contributed by atoms with E-state index in [1.165, 1.54) is 4.90 Å². The van der Waals surface area contributed by atoms with Crippen LogP contribution >= 0.6 is 0 Å². The first-order chi connectivity index (χ1) is 24.6. The molecular formula is C36H49N5O10S. The molecule has 0 bridgehead atoms. The smallest absolute Gasteiger partial charge is 0.408 e. The van der Waals surface area contributed by atoms with Crippen molar-refractivity contribution < 1.29 is 46.0 Å². The molecule has 4 amide bonds. The van der Waals surface area contributed by atoms with E-state index in [1.54, 1.807) is 52.3 Å². The Kier molecular flexibility index (Phi) is 10.6. The first-order valence-electron chi connectivity index (χ1n) is 18.1. The summed E-state index contributed by atoms with van der Waals surface area (Å²) in [7, 11) is -2.83. The van der Waals surface area contributed by atoms with Gasteiger partial charge in [-0.3, -0.25) is 23.6 Å².